The molecule has 0 aliphatic carbocycles. The second kappa shape index (κ2) is 11.7. The summed E-state index contributed by atoms with van der Waals surface area (Å²) in [5, 5.41) is 5.29. The molecule has 2 N–H and O–H groups in total. The average Bonchev–Trinajstić information content (AvgIpc) is 3.15. The third kappa shape index (κ3) is 6.05. The first kappa shape index (κ1) is 27.3. The van der Waals surface area contributed by atoms with Crippen LogP contribution >= 0.6 is 11.6 Å². The van der Waals surface area contributed by atoms with E-state index in [4.69, 9.17) is 16.3 Å². The Morgan fingerprint density at radius 1 is 0.846 bits per heavy atom. The molecule has 3 aromatic rings. The molecule has 39 heavy (non-hydrogen) atoms. The van der Waals surface area contributed by atoms with E-state index >= 15 is 0 Å². The van der Waals surface area contributed by atoms with Crippen molar-refractivity contribution >= 4 is 58.1 Å². The maximum atomic E-state index is 13.1. The van der Waals surface area contributed by atoms with Crippen LogP contribution in [0.5, 0.6) is 0 Å². The van der Waals surface area contributed by atoms with Crippen LogP contribution in [0.3, 0.4) is 0 Å². The molecule has 4 rings (SSSR count). The summed E-state index contributed by atoms with van der Waals surface area (Å²) in [6, 6.07) is 18.7. The number of rotatable bonds is 9. The fraction of sp³-hybridized carbons (Fsp3) is 0.138. The van der Waals surface area contributed by atoms with Gasteiger partial charge in [-0.25, -0.2) is 9.69 Å². The number of nitrogens with zero attached hydrogens (tertiary/aromatic N) is 1. The summed E-state index contributed by atoms with van der Waals surface area (Å²) >= 11 is 6.21. The number of carbonyl (C=O) groups is 5. The summed E-state index contributed by atoms with van der Waals surface area (Å²) in [5.74, 6) is -2.38. The zero-order valence-corrected chi connectivity index (χ0v) is 21.9. The van der Waals surface area contributed by atoms with Crippen molar-refractivity contribution in [3.63, 3.8) is 0 Å². The van der Waals surface area contributed by atoms with Gasteiger partial charge in [-0.3, -0.25) is 19.2 Å². The van der Waals surface area contributed by atoms with E-state index in [1.54, 1.807) is 36.4 Å². The number of hydrogen-bond acceptors (Lipinski definition) is 7. The smallest absolute Gasteiger partial charge is 0.338 e. The van der Waals surface area contributed by atoms with Crippen molar-refractivity contribution in [1.82, 2.24) is 0 Å². The molecule has 0 saturated carbocycles. The fourth-order valence-electron chi connectivity index (χ4n) is 3.74. The van der Waals surface area contributed by atoms with Crippen molar-refractivity contribution in [1.29, 1.82) is 0 Å². The normalized spacial score (nSPS) is 12.9. The standard InChI is InChI=1S/C29H24ClN3O6/c1-3-15-39-29(38)19-9-13-23(14-10-19)33-27(36)24(30)25(28(33)37)31-21-11-7-18(8-12-21)26(35)32-22-6-4-5-20(16-22)17(2)34/h4-14,16,31H,3,15H2,1-2H3,(H,32,35). The van der Waals surface area contributed by atoms with Crippen LogP contribution in [-0.4, -0.2) is 36.1 Å². The van der Waals surface area contributed by atoms with Crippen molar-refractivity contribution in [3.05, 3.63) is 100 Å². The first-order valence-electron chi connectivity index (χ1n) is 12.0. The molecular formula is C29H24ClN3O6. The van der Waals surface area contributed by atoms with Gasteiger partial charge in [0.15, 0.2) is 5.78 Å². The number of benzene rings is 3. The number of ether oxygens (including phenoxy) is 1. The highest BCUT2D eigenvalue weighted by Crippen LogP contribution is 2.30. The number of amides is 3. The predicted molar refractivity (Wildman–Crippen MR) is 147 cm³/mol. The Morgan fingerprint density at radius 2 is 1.51 bits per heavy atom. The summed E-state index contributed by atoms with van der Waals surface area (Å²) in [7, 11) is 0. The molecule has 9 nitrogen and oxygen atoms in total. The summed E-state index contributed by atoms with van der Waals surface area (Å²) in [6.45, 7) is 3.62. The Morgan fingerprint density at radius 3 is 2.15 bits per heavy atom. The molecule has 1 heterocycles. The molecule has 0 aromatic heterocycles. The van der Waals surface area contributed by atoms with E-state index in [1.165, 1.54) is 43.3 Å². The number of nitrogens with one attached hydrogen (secondary N) is 2. The van der Waals surface area contributed by atoms with Crippen LogP contribution < -0.4 is 15.5 Å². The number of esters is 1. The quantitative estimate of drug-likeness (QED) is 0.217. The Kier molecular flexibility index (Phi) is 8.21. The third-order valence-electron chi connectivity index (χ3n) is 5.77. The van der Waals surface area contributed by atoms with E-state index in [9.17, 15) is 24.0 Å². The lowest BCUT2D eigenvalue weighted by Crippen LogP contribution is -2.32. The molecule has 198 valence electrons. The van der Waals surface area contributed by atoms with Gasteiger partial charge in [-0.15, -0.1) is 0 Å². The van der Waals surface area contributed by atoms with Crippen LogP contribution in [0, 0.1) is 0 Å². The molecule has 1 aliphatic rings. The number of anilines is 3. The molecule has 0 bridgehead atoms. The molecule has 1 aliphatic heterocycles. The number of carbonyl (C=O) groups excluding carboxylic acids is 5. The maximum absolute atomic E-state index is 13.1. The minimum atomic E-state index is -0.714. The lowest BCUT2D eigenvalue weighted by atomic mass is 10.1. The minimum absolute atomic E-state index is 0.114. The van der Waals surface area contributed by atoms with Gasteiger partial charge in [0.1, 0.15) is 10.7 Å². The molecule has 0 unspecified atom stereocenters. The van der Waals surface area contributed by atoms with Gasteiger partial charge in [0.25, 0.3) is 17.7 Å². The Labute approximate surface area is 229 Å². The van der Waals surface area contributed by atoms with Gasteiger partial charge in [0, 0.05) is 22.5 Å². The zero-order valence-electron chi connectivity index (χ0n) is 21.1. The highest BCUT2D eigenvalue weighted by molar-refractivity contribution is 6.53. The predicted octanol–water partition coefficient (Wildman–Crippen LogP) is 5.14. The van der Waals surface area contributed by atoms with E-state index in [1.807, 2.05) is 6.92 Å². The van der Waals surface area contributed by atoms with Crippen LogP contribution in [0.1, 0.15) is 51.3 Å². The minimum Gasteiger partial charge on any atom is -0.462 e. The lowest BCUT2D eigenvalue weighted by molar-refractivity contribution is -0.120. The topological polar surface area (TPSA) is 122 Å². The van der Waals surface area contributed by atoms with Gasteiger partial charge in [0.05, 0.1) is 17.9 Å². The average molecular weight is 546 g/mol. The fourth-order valence-corrected chi connectivity index (χ4v) is 3.95. The lowest BCUT2D eigenvalue weighted by Gasteiger charge is -2.15. The SMILES string of the molecule is CCCOC(=O)c1ccc(N2C(=O)C(Cl)=C(Nc3ccc(C(=O)Nc4cccc(C(C)=O)c4)cc3)C2=O)cc1. The second-order valence-electron chi connectivity index (χ2n) is 8.61. The zero-order chi connectivity index (χ0) is 28.1. The molecule has 0 radical (unpaired) electrons. The van der Waals surface area contributed by atoms with E-state index in [0.29, 0.717) is 41.1 Å². The molecule has 0 saturated heterocycles. The maximum Gasteiger partial charge on any atom is 0.338 e. The van der Waals surface area contributed by atoms with Gasteiger partial charge < -0.3 is 15.4 Å². The molecule has 0 atom stereocenters. The number of ketones is 1. The van der Waals surface area contributed by atoms with Crippen LogP contribution in [0.15, 0.2) is 83.5 Å². The van der Waals surface area contributed by atoms with E-state index in [2.05, 4.69) is 10.6 Å². The van der Waals surface area contributed by atoms with Crippen LogP contribution in [0.2, 0.25) is 0 Å². The Hall–Kier alpha value is -4.76. The van der Waals surface area contributed by atoms with Crippen molar-refractivity contribution in [2.24, 2.45) is 0 Å². The summed E-state index contributed by atoms with van der Waals surface area (Å²) in [4.78, 5) is 63.0. The second-order valence-corrected chi connectivity index (χ2v) is 8.99. The first-order valence-corrected chi connectivity index (χ1v) is 12.4. The van der Waals surface area contributed by atoms with Crippen molar-refractivity contribution in [2.45, 2.75) is 20.3 Å². The van der Waals surface area contributed by atoms with Gasteiger partial charge >= 0.3 is 5.97 Å². The Bertz CT molecular complexity index is 1500. The van der Waals surface area contributed by atoms with Crippen molar-refractivity contribution < 1.29 is 28.7 Å². The number of hydrogen-bond donors (Lipinski definition) is 2. The molecule has 3 aromatic carbocycles. The monoisotopic (exact) mass is 545 g/mol. The molecule has 0 spiro atoms. The van der Waals surface area contributed by atoms with Crippen LogP contribution in [-0.2, 0) is 14.3 Å². The van der Waals surface area contributed by atoms with E-state index in [0.717, 1.165) is 4.90 Å². The van der Waals surface area contributed by atoms with Crippen molar-refractivity contribution in [2.75, 3.05) is 22.1 Å². The van der Waals surface area contributed by atoms with Crippen LogP contribution in [0.25, 0.3) is 0 Å². The molecule has 10 heteroatoms. The first-order chi connectivity index (χ1) is 18.7. The van der Waals surface area contributed by atoms with Gasteiger partial charge in [0.2, 0.25) is 0 Å². The van der Waals surface area contributed by atoms with Crippen LogP contribution in [0.4, 0.5) is 17.1 Å². The van der Waals surface area contributed by atoms with E-state index in [-0.39, 0.29) is 28.1 Å². The summed E-state index contributed by atoms with van der Waals surface area (Å²) in [5.41, 5.74) is 2.14. The largest absolute Gasteiger partial charge is 0.462 e. The third-order valence-corrected chi connectivity index (χ3v) is 6.12. The van der Waals surface area contributed by atoms with Gasteiger partial charge in [-0.2, -0.15) is 0 Å². The highest BCUT2D eigenvalue weighted by Gasteiger charge is 2.39. The Balaban J connectivity index is 1.43. The van der Waals surface area contributed by atoms with Crippen molar-refractivity contribution in [3.8, 4) is 0 Å². The number of imide groups is 1. The number of Topliss-reactive ketones (excluding diaryl/α,β-unsaturated/α-hetero) is 1. The summed E-state index contributed by atoms with van der Waals surface area (Å²) < 4.78 is 5.09. The molecule has 3 amide bonds. The molecule has 0 fully saturated rings. The summed E-state index contributed by atoms with van der Waals surface area (Å²) in [6.07, 6.45) is 0.688. The number of halogens is 1. The molecular weight excluding hydrogens is 522 g/mol. The highest BCUT2D eigenvalue weighted by atomic mass is 35.5. The van der Waals surface area contributed by atoms with Gasteiger partial charge in [-0.1, -0.05) is 30.7 Å². The van der Waals surface area contributed by atoms with E-state index < -0.39 is 17.8 Å². The van der Waals surface area contributed by atoms with Gasteiger partial charge in [-0.05, 0) is 74.0 Å².